The van der Waals surface area contributed by atoms with Crippen molar-refractivity contribution in [1.29, 1.82) is 0 Å². The Labute approximate surface area is 116 Å². The van der Waals surface area contributed by atoms with E-state index in [1.807, 2.05) is 13.2 Å². The van der Waals surface area contributed by atoms with Crippen molar-refractivity contribution in [1.82, 2.24) is 19.7 Å². The average Bonchev–Trinajstić information content (AvgIpc) is 3.07. The number of piperidine rings is 1. The van der Waals surface area contributed by atoms with Gasteiger partial charge in [-0.3, -0.25) is 4.68 Å². The molecule has 0 aliphatic carbocycles. The minimum atomic E-state index is -0.447. The average molecular weight is 275 g/mol. The molecule has 2 aromatic rings. The summed E-state index contributed by atoms with van der Waals surface area (Å²) in [6, 6.07) is 0. The first-order chi connectivity index (χ1) is 9.77. The molecule has 2 aliphatic heterocycles. The number of fused-ring (bicyclic) bond motifs is 1. The summed E-state index contributed by atoms with van der Waals surface area (Å²) in [7, 11) is 1.89. The van der Waals surface area contributed by atoms with Crippen LogP contribution in [0.5, 0.6) is 0 Å². The van der Waals surface area contributed by atoms with Crippen LogP contribution in [-0.4, -0.2) is 51.8 Å². The molecule has 106 valence electrons. The lowest BCUT2D eigenvalue weighted by Crippen LogP contribution is -2.49. The summed E-state index contributed by atoms with van der Waals surface area (Å²) in [6.45, 7) is 3.03. The zero-order chi connectivity index (χ0) is 13.6. The number of anilines is 1. The first-order valence-electron chi connectivity index (χ1n) is 6.93. The summed E-state index contributed by atoms with van der Waals surface area (Å²) >= 11 is 0. The summed E-state index contributed by atoms with van der Waals surface area (Å²) in [4.78, 5) is 11.0. The topological polar surface area (TPSA) is 65.3 Å². The molecule has 0 saturated carbocycles. The Balaban J connectivity index is 1.71. The van der Waals surface area contributed by atoms with Gasteiger partial charge in [-0.2, -0.15) is 5.10 Å². The van der Waals surface area contributed by atoms with Gasteiger partial charge in [0.2, 0.25) is 0 Å². The van der Waals surface area contributed by atoms with Crippen LogP contribution in [0.3, 0.4) is 0 Å². The van der Waals surface area contributed by atoms with Crippen molar-refractivity contribution >= 4 is 16.9 Å². The van der Waals surface area contributed by atoms with E-state index in [1.54, 1.807) is 11.0 Å². The summed E-state index contributed by atoms with van der Waals surface area (Å²) in [6.07, 6.45) is 5.40. The fourth-order valence-electron chi connectivity index (χ4n) is 3.10. The van der Waals surface area contributed by atoms with E-state index < -0.39 is 5.79 Å². The van der Waals surface area contributed by atoms with Crippen molar-refractivity contribution in [2.24, 2.45) is 7.05 Å². The number of hydrogen-bond acceptors (Lipinski definition) is 6. The smallest absolute Gasteiger partial charge is 0.186 e. The zero-order valence-corrected chi connectivity index (χ0v) is 11.4. The highest BCUT2D eigenvalue weighted by Crippen LogP contribution is 2.33. The molecule has 0 bridgehead atoms. The van der Waals surface area contributed by atoms with E-state index in [0.29, 0.717) is 19.8 Å². The third-order valence-corrected chi connectivity index (χ3v) is 4.04. The molecular formula is C13H17N5O2. The van der Waals surface area contributed by atoms with Crippen LogP contribution >= 0.6 is 0 Å². The van der Waals surface area contributed by atoms with E-state index >= 15 is 0 Å². The fourth-order valence-corrected chi connectivity index (χ4v) is 3.10. The summed E-state index contributed by atoms with van der Waals surface area (Å²) in [5, 5.41) is 5.24. The Morgan fingerprint density at radius 1 is 1.25 bits per heavy atom. The second kappa shape index (κ2) is 4.39. The number of aromatic nitrogens is 4. The van der Waals surface area contributed by atoms with Gasteiger partial charge in [-0.25, -0.2) is 9.97 Å². The minimum absolute atomic E-state index is 0.447. The molecule has 0 radical (unpaired) electrons. The predicted molar refractivity (Wildman–Crippen MR) is 72.4 cm³/mol. The summed E-state index contributed by atoms with van der Waals surface area (Å²) in [5.41, 5.74) is 0.850. The molecule has 2 saturated heterocycles. The van der Waals surface area contributed by atoms with Crippen LogP contribution in [0.1, 0.15) is 12.8 Å². The van der Waals surface area contributed by atoms with Crippen LogP contribution in [0.15, 0.2) is 12.5 Å². The molecule has 4 heterocycles. The van der Waals surface area contributed by atoms with Gasteiger partial charge in [-0.1, -0.05) is 0 Å². The van der Waals surface area contributed by atoms with Crippen molar-refractivity contribution in [2.75, 3.05) is 31.2 Å². The van der Waals surface area contributed by atoms with Crippen molar-refractivity contribution in [2.45, 2.75) is 18.6 Å². The van der Waals surface area contributed by atoms with E-state index in [-0.39, 0.29) is 0 Å². The Kier molecular flexibility index (Phi) is 2.64. The lowest BCUT2D eigenvalue weighted by Gasteiger charge is -2.39. The normalized spacial score (nSPS) is 21.9. The maximum atomic E-state index is 5.82. The van der Waals surface area contributed by atoms with E-state index in [1.165, 1.54) is 0 Å². The van der Waals surface area contributed by atoms with Crippen molar-refractivity contribution in [3.05, 3.63) is 12.5 Å². The molecule has 2 aliphatic rings. The van der Waals surface area contributed by atoms with Crippen LogP contribution in [0, 0.1) is 0 Å². The molecule has 0 unspecified atom stereocenters. The monoisotopic (exact) mass is 275 g/mol. The van der Waals surface area contributed by atoms with Gasteiger partial charge in [-0.15, -0.1) is 0 Å². The standard InChI is InChI=1S/C13H17N5O2/c1-17-11-10(7-16-17)12(15-9-14-11)18-4-2-3-13(8-18)19-5-6-20-13/h7,9H,2-6,8H2,1H3. The highest BCUT2D eigenvalue weighted by Gasteiger charge is 2.41. The molecule has 4 rings (SSSR count). The van der Waals surface area contributed by atoms with Crippen molar-refractivity contribution in [3.8, 4) is 0 Å². The highest BCUT2D eigenvalue weighted by atomic mass is 16.7. The SMILES string of the molecule is Cn1ncc2c(N3CCCC4(C3)OCCO4)ncnc21. The Morgan fingerprint density at radius 2 is 2.10 bits per heavy atom. The largest absolute Gasteiger partial charge is 0.350 e. The first kappa shape index (κ1) is 12.0. The quantitative estimate of drug-likeness (QED) is 0.763. The molecule has 0 atom stereocenters. The maximum Gasteiger partial charge on any atom is 0.186 e. The number of nitrogens with zero attached hydrogens (tertiary/aromatic N) is 5. The van der Waals surface area contributed by atoms with Gasteiger partial charge in [0.15, 0.2) is 11.4 Å². The second-order valence-electron chi connectivity index (χ2n) is 5.34. The molecule has 7 nitrogen and oxygen atoms in total. The van der Waals surface area contributed by atoms with Crippen LogP contribution in [0.2, 0.25) is 0 Å². The first-order valence-corrected chi connectivity index (χ1v) is 6.93. The van der Waals surface area contributed by atoms with Crippen LogP contribution in [-0.2, 0) is 16.5 Å². The molecule has 0 amide bonds. The lowest BCUT2D eigenvalue weighted by molar-refractivity contribution is -0.161. The lowest BCUT2D eigenvalue weighted by atomic mass is 10.0. The molecule has 20 heavy (non-hydrogen) atoms. The van der Waals surface area contributed by atoms with E-state index in [4.69, 9.17) is 9.47 Å². The summed E-state index contributed by atoms with van der Waals surface area (Å²) in [5.74, 6) is 0.471. The van der Waals surface area contributed by atoms with Gasteiger partial charge in [0.1, 0.15) is 12.1 Å². The zero-order valence-electron chi connectivity index (χ0n) is 11.4. The number of ether oxygens (including phenoxy) is 2. The van der Waals surface area contributed by atoms with E-state index in [2.05, 4.69) is 20.0 Å². The fraction of sp³-hybridized carbons (Fsp3) is 0.615. The van der Waals surface area contributed by atoms with Gasteiger partial charge < -0.3 is 14.4 Å². The molecular weight excluding hydrogens is 258 g/mol. The van der Waals surface area contributed by atoms with Gasteiger partial charge in [0.05, 0.1) is 31.3 Å². The van der Waals surface area contributed by atoms with Crippen LogP contribution in [0.25, 0.3) is 11.0 Å². The van der Waals surface area contributed by atoms with E-state index in [9.17, 15) is 0 Å². The van der Waals surface area contributed by atoms with Gasteiger partial charge >= 0.3 is 0 Å². The predicted octanol–water partition coefficient (Wildman–Crippen LogP) is 0.707. The Bertz CT molecular complexity index is 635. The minimum Gasteiger partial charge on any atom is -0.350 e. The molecule has 2 aromatic heterocycles. The molecule has 0 N–H and O–H groups in total. The number of aryl methyl sites for hydroxylation is 1. The van der Waals surface area contributed by atoms with Crippen LogP contribution in [0.4, 0.5) is 5.82 Å². The van der Waals surface area contributed by atoms with Crippen LogP contribution < -0.4 is 4.90 Å². The maximum absolute atomic E-state index is 5.82. The third kappa shape index (κ3) is 1.77. The molecule has 1 spiro atoms. The summed E-state index contributed by atoms with van der Waals surface area (Å²) < 4.78 is 13.4. The third-order valence-electron chi connectivity index (χ3n) is 4.04. The van der Waals surface area contributed by atoms with Gasteiger partial charge in [-0.05, 0) is 6.42 Å². The second-order valence-corrected chi connectivity index (χ2v) is 5.34. The van der Waals surface area contributed by atoms with E-state index in [0.717, 1.165) is 36.2 Å². The Hall–Kier alpha value is -1.73. The van der Waals surface area contributed by atoms with Crippen molar-refractivity contribution < 1.29 is 9.47 Å². The number of rotatable bonds is 1. The molecule has 0 aromatic carbocycles. The Morgan fingerprint density at radius 3 is 2.95 bits per heavy atom. The van der Waals surface area contributed by atoms with Crippen molar-refractivity contribution in [3.63, 3.8) is 0 Å². The number of hydrogen-bond donors (Lipinski definition) is 0. The molecule has 2 fully saturated rings. The van der Waals surface area contributed by atoms with Gasteiger partial charge in [0, 0.05) is 20.0 Å². The molecule has 7 heteroatoms. The highest BCUT2D eigenvalue weighted by molar-refractivity contribution is 5.86. The van der Waals surface area contributed by atoms with Gasteiger partial charge in [0.25, 0.3) is 0 Å².